The van der Waals surface area contributed by atoms with Crippen molar-refractivity contribution in [1.29, 1.82) is 0 Å². The van der Waals surface area contributed by atoms with Crippen molar-refractivity contribution >= 4 is 29.2 Å². The molecular formula is C15H17ClN2O3. The molecule has 0 bridgehead atoms. The molecule has 2 amide bonds. The average molecular weight is 309 g/mol. The molecule has 1 fully saturated rings. The largest absolute Gasteiger partial charge is 0.330 e. The Labute approximate surface area is 128 Å². The molecule has 0 saturated carbocycles. The molecule has 0 aliphatic carbocycles. The Morgan fingerprint density at radius 1 is 1.14 bits per heavy atom. The number of hydrogen-bond acceptors (Lipinski definition) is 3. The summed E-state index contributed by atoms with van der Waals surface area (Å²) in [6.45, 7) is 4.47. The molecule has 0 atom stereocenters. The van der Waals surface area contributed by atoms with Crippen LogP contribution in [0.5, 0.6) is 0 Å². The third-order valence-electron chi connectivity index (χ3n) is 3.47. The van der Waals surface area contributed by atoms with Gasteiger partial charge in [0.2, 0.25) is 0 Å². The van der Waals surface area contributed by atoms with Gasteiger partial charge in [0.25, 0.3) is 0 Å². The molecule has 1 aromatic rings. The molecule has 1 aromatic carbocycles. The highest BCUT2D eigenvalue weighted by Crippen LogP contribution is 2.13. The summed E-state index contributed by atoms with van der Waals surface area (Å²) in [5.41, 5.74) is 0.478. The van der Waals surface area contributed by atoms with E-state index < -0.39 is 11.8 Å². The molecule has 21 heavy (non-hydrogen) atoms. The number of nitrogens with zero attached hydrogens (tertiary/aromatic N) is 2. The van der Waals surface area contributed by atoms with Crippen molar-refractivity contribution in [2.45, 2.75) is 19.9 Å². The highest BCUT2D eigenvalue weighted by atomic mass is 35.5. The van der Waals surface area contributed by atoms with Crippen LogP contribution in [0.25, 0.3) is 0 Å². The fourth-order valence-electron chi connectivity index (χ4n) is 2.23. The smallest absolute Gasteiger partial charge is 0.312 e. The summed E-state index contributed by atoms with van der Waals surface area (Å²) >= 11 is 5.77. The quantitative estimate of drug-likeness (QED) is 0.627. The highest BCUT2D eigenvalue weighted by Gasteiger charge is 2.34. The van der Waals surface area contributed by atoms with Crippen molar-refractivity contribution in [3.05, 3.63) is 34.9 Å². The van der Waals surface area contributed by atoms with Crippen molar-refractivity contribution in [1.82, 2.24) is 9.80 Å². The fourth-order valence-corrected chi connectivity index (χ4v) is 2.36. The molecule has 1 aliphatic heterocycles. The van der Waals surface area contributed by atoms with Crippen LogP contribution in [0.1, 0.15) is 24.2 Å². The summed E-state index contributed by atoms with van der Waals surface area (Å²) in [5.74, 6) is -1.36. The average Bonchev–Trinajstić information content (AvgIpc) is 2.44. The standard InChI is InChI=1S/C15H17ClN2O3/c1-10(2)18-8-7-17(14(20)15(18)21)9-13(19)11-3-5-12(16)6-4-11/h3-6,10H,7-9H2,1-2H3. The van der Waals surface area contributed by atoms with Crippen molar-refractivity contribution in [3.8, 4) is 0 Å². The van der Waals surface area contributed by atoms with Crippen LogP contribution in [0.3, 0.4) is 0 Å². The zero-order valence-electron chi connectivity index (χ0n) is 12.0. The van der Waals surface area contributed by atoms with Gasteiger partial charge in [0.05, 0.1) is 6.54 Å². The van der Waals surface area contributed by atoms with Crippen LogP contribution in [0.2, 0.25) is 5.02 Å². The molecule has 2 rings (SSSR count). The van der Waals surface area contributed by atoms with Crippen LogP contribution in [0.4, 0.5) is 0 Å². The predicted molar refractivity (Wildman–Crippen MR) is 79.2 cm³/mol. The van der Waals surface area contributed by atoms with Gasteiger partial charge < -0.3 is 9.80 Å². The molecule has 0 aromatic heterocycles. The van der Waals surface area contributed by atoms with Gasteiger partial charge in [-0.15, -0.1) is 0 Å². The number of amides is 2. The van der Waals surface area contributed by atoms with E-state index in [4.69, 9.17) is 11.6 Å². The second-order valence-electron chi connectivity index (χ2n) is 5.25. The van der Waals surface area contributed by atoms with Gasteiger partial charge in [-0.05, 0) is 38.1 Å². The molecule has 0 N–H and O–H groups in total. The summed E-state index contributed by atoms with van der Waals surface area (Å²) in [4.78, 5) is 38.9. The summed E-state index contributed by atoms with van der Waals surface area (Å²) in [6.07, 6.45) is 0. The van der Waals surface area contributed by atoms with E-state index >= 15 is 0 Å². The van der Waals surface area contributed by atoms with E-state index in [-0.39, 0.29) is 18.4 Å². The molecule has 5 nitrogen and oxygen atoms in total. The number of halogens is 1. The van der Waals surface area contributed by atoms with E-state index in [1.165, 1.54) is 9.80 Å². The third kappa shape index (κ3) is 3.42. The number of hydrogen-bond donors (Lipinski definition) is 0. The van der Waals surface area contributed by atoms with Crippen LogP contribution in [-0.2, 0) is 9.59 Å². The maximum atomic E-state index is 12.1. The van der Waals surface area contributed by atoms with E-state index in [1.54, 1.807) is 24.3 Å². The maximum absolute atomic E-state index is 12.1. The molecule has 0 radical (unpaired) electrons. The minimum atomic E-state index is -0.614. The van der Waals surface area contributed by atoms with Crippen LogP contribution in [-0.4, -0.2) is 53.1 Å². The number of Topliss-reactive ketones (excluding diaryl/α,β-unsaturated/α-hetero) is 1. The Morgan fingerprint density at radius 2 is 1.76 bits per heavy atom. The zero-order chi connectivity index (χ0) is 15.6. The van der Waals surface area contributed by atoms with E-state index in [2.05, 4.69) is 0 Å². The lowest BCUT2D eigenvalue weighted by molar-refractivity contribution is -0.156. The number of ketones is 1. The summed E-state index contributed by atoms with van der Waals surface area (Å²) in [6, 6.07) is 6.45. The Balaban J connectivity index is 2.04. The first-order valence-electron chi connectivity index (χ1n) is 6.79. The van der Waals surface area contributed by atoms with Crippen molar-refractivity contribution < 1.29 is 14.4 Å². The highest BCUT2D eigenvalue weighted by molar-refractivity contribution is 6.36. The molecule has 1 heterocycles. The topological polar surface area (TPSA) is 57.7 Å². The number of carbonyl (C=O) groups excluding carboxylic acids is 3. The lowest BCUT2D eigenvalue weighted by Crippen LogP contribution is -2.57. The van der Waals surface area contributed by atoms with Gasteiger partial charge in [-0.1, -0.05) is 11.6 Å². The van der Waals surface area contributed by atoms with E-state index in [1.807, 2.05) is 13.8 Å². The second-order valence-corrected chi connectivity index (χ2v) is 5.69. The number of carbonyl (C=O) groups is 3. The van der Waals surface area contributed by atoms with Crippen LogP contribution >= 0.6 is 11.6 Å². The fraction of sp³-hybridized carbons (Fsp3) is 0.400. The molecule has 1 aliphatic rings. The summed E-state index contributed by atoms with van der Waals surface area (Å²) < 4.78 is 0. The molecule has 6 heteroatoms. The summed E-state index contributed by atoms with van der Waals surface area (Å²) in [5, 5.41) is 0.545. The zero-order valence-corrected chi connectivity index (χ0v) is 12.8. The minimum Gasteiger partial charge on any atom is -0.330 e. The van der Waals surface area contributed by atoms with Gasteiger partial charge in [0.1, 0.15) is 0 Å². The van der Waals surface area contributed by atoms with Gasteiger partial charge in [0, 0.05) is 29.7 Å². The van der Waals surface area contributed by atoms with Crippen molar-refractivity contribution in [2.24, 2.45) is 0 Å². The van der Waals surface area contributed by atoms with Crippen molar-refractivity contribution in [2.75, 3.05) is 19.6 Å². The lowest BCUT2D eigenvalue weighted by Gasteiger charge is -2.35. The van der Waals surface area contributed by atoms with Gasteiger partial charge in [0.15, 0.2) is 5.78 Å². The van der Waals surface area contributed by atoms with Crippen LogP contribution < -0.4 is 0 Å². The van der Waals surface area contributed by atoms with Crippen LogP contribution in [0.15, 0.2) is 24.3 Å². The summed E-state index contributed by atoms with van der Waals surface area (Å²) in [7, 11) is 0. The Bertz CT molecular complexity index is 569. The first-order chi connectivity index (χ1) is 9.90. The number of rotatable bonds is 4. The predicted octanol–water partition coefficient (Wildman–Crippen LogP) is 1.60. The first-order valence-corrected chi connectivity index (χ1v) is 7.16. The first kappa shape index (κ1) is 15.5. The minimum absolute atomic E-state index is 0.0180. The molecule has 0 spiro atoms. The number of benzene rings is 1. The van der Waals surface area contributed by atoms with E-state index in [9.17, 15) is 14.4 Å². The lowest BCUT2D eigenvalue weighted by atomic mass is 10.1. The molecule has 0 unspecified atom stereocenters. The normalized spacial score (nSPS) is 15.8. The molecule has 1 saturated heterocycles. The Hall–Kier alpha value is -1.88. The Morgan fingerprint density at radius 3 is 2.33 bits per heavy atom. The third-order valence-corrected chi connectivity index (χ3v) is 3.72. The van der Waals surface area contributed by atoms with E-state index in [0.29, 0.717) is 23.7 Å². The van der Waals surface area contributed by atoms with Crippen molar-refractivity contribution in [3.63, 3.8) is 0 Å². The second kappa shape index (κ2) is 6.26. The SMILES string of the molecule is CC(C)N1CCN(CC(=O)c2ccc(Cl)cc2)C(=O)C1=O. The number of piperazine rings is 1. The van der Waals surface area contributed by atoms with Gasteiger partial charge in [-0.25, -0.2) is 0 Å². The molecular weight excluding hydrogens is 292 g/mol. The Kier molecular flexibility index (Phi) is 4.63. The van der Waals surface area contributed by atoms with Gasteiger partial charge in [-0.3, -0.25) is 14.4 Å². The monoisotopic (exact) mass is 308 g/mol. The van der Waals surface area contributed by atoms with Gasteiger partial charge >= 0.3 is 11.8 Å². The molecule has 112 valence electrons. The van der Waals surface area contributed by atoms with E-state index in [0.717, 1.165) is 0 Å². The van der Waals surface area contributed by atoms with Crippen LogP contribution in [0, 0.1) is 0 Å². The maximum Gasteiger partial charge on any atom is 0.312 e. The van der Waals surface area contributed by atoms with Gasteiger partial charge in [-0.2, -0.15) is 0 Å².